The third kappa shape index (κ3) is 4.12. The Morgan fingerprint density at radius 3 is 2.30 bits per heavy atom. The lowest BCUT2D eigenvalue weighted by atomic mass is 10.0. The van der Waals surface area contributed by atoms with Gasteiger partial charge in [0.25, 0.3) is 0 Å². The molecule has 2 nitrogen and oxygen atoms in total. The molecule has 0 aromatic carbocycles. The average Bonchev–Trinajstić information content (AvgIpc) is 2.63. The normalized spacial score (nSPS) is 14.6. The fourth-order valence-electron chi connectivity index (χ4n) is 2.87. The van der Waals surface area contributed by atoms with Crippen molar-refractivity contribution < 1.29 is 4.79 Å². The van der Waals surface area contributed by atoms with Gasteiger partial charge >= 0.3 is 0 Å². The fourth-order valence-corrected chi connectivity index (χ4v) is 2.99. The summed E-state index contributed by atoms with van der Waals surface area (Å²) < 4.78 is 2.28. The highest BCUT2D eigenvalue weighted by Crippen LogP contribution is 2.26. The van der Waals surface area contributed by atoms with E-state index >= 15 is 0 Å². The van der Waals surface area contributed by atoms with Crippen molar-refractivity contribution in [2.45, 2.75) is 72.2 Å². The van der Waals surface area contributed by atoms with Crippen molar-refractivity contribution >= 4 is 17.4 Å². The molecule has 2 atom stereocenters. The average molecular weight is 298 g/mol. The molecule has 1 heterocycles. The van der Waals surface area contributed by atoms with Crippen molar-refractivity contribution in [1.82, 2.24) is 4.57 Å². The van der Waals surface area contributed by atoms with E-state index in [4.69, 9.17) is 11.6 Å². The Morgan fingerprint density at radius 1 is 1.20 bits per heavy atom. The lowest BCUT2D eigenvalue weighted by Crippen LogP contribution is -2.13. The number of carbonyl (C=O) groups excluding carboxylic acids is 1. The van der Waals surface area contributed by atoms with E-state index in [2.05, 4.69) is 32.3 Å². The zero-order valence-corrected chi connectivity index (χ0v) is 14.4. The monoisotopic (exact) mass is 297 g/mol. The molecule has 0 aliphatic heterocycles. The van der Waals surface area contributed by atoms with Crippen LogP contribution in [0.4, 0.5) is 0 Å². The molecule has 2 unspecified atom stereocenters. The number of rotatable bonds is 7. The van der Waals surface area contributed by atoms with Gasteiger partial charge in [0, 0.05) is 23.0 Å². The SMILES string of the molecule is Cc1cc(C(=O)C(C)Cl)c(C)n1C(C)CCCC(C)C. The van der Waals surface area contributed by atoms with Gasteiger partial charge in [0.2, 0.25) is 0 Å². The van der Waals surface area contributed by atoms with Gasteiger partial charge in [0.15, 0.2) is 5.78 Å². The molecule has 1 aromatic heterocycles. The third-order valence-electron chi connectivity index (χ3n) is 3.96. The van der Waals surface area contributed by atoms with Crippen molar-refractivity contribution in [3.05, 3.63) is 23.0 Å². The summed E-state index contributed by atoms with van der Waals surface area (Å²) in [4.78, 5) is 12.1. The van der Waals surface area contributed by atoms with Gasteiger partial charge in [0.1, 0.15) is 0 Å². The summed E-state index contributed by atoms with van der Waals surface area (Å²) in [5.41, 5.74) is 2.98. The summed E-state index contributed by atoms with van der Waals surface area (Å²) in [7, 11) is 0. The van der Waals surface area contributed by atoms with Gasteiger partial charge in [-0.25, -0.2) is 0 Å². The smallest absolute Gasteiger partial charge is 0.182 e. The lowest BCUT2D eigenvalue weighted by molar-refractivity contribution is 0.0991. The van der Waals surface area contributed by atoms with Crippen molar-refractivity contribution in [3.8, 4) is 0 Å². The minimum atomic E-state index is -0.458. The highest BCUT2D eigenvalue weighted by atomic mass is 35.5. The first-order valence-corrected chi connectivity index (χ1v) is 8.06. The molecule has 0 aliphatic rings. The van der Waals surface area contributed by atoms with Gasteiger partial charge in [-0.3, -0.25) is 4.79 Å². The van der Waals surface area contributed by atoms with E-state index in [1.54, 1.807) is 6.92 Å². The zero-order chi connectivity index (χ0) is 15.4. The van der Waals surface area contributed by atoms with Gasteiger partial charge in [-0.05, 0) is 46.1 Å². The molecule has 0 fully saturated rings. The maximum absolute atomic E-state index is 12.1. The molecule has 0 radical (unpaired) electrons. The Labute approximate surface area is 128 Å². The van der Waals surface area contributed by atoms with E-state index in [1.807, 2.05) is 13.0 Å². The largest absolute Gasteiger partial charge is 0.346 e. The third-order valence-corrected chi connectivity index (χ3v) is 4.15. The van der Waals surface area contributed by atoms with E-state index in [-0.39, 0.29) is 5.78 Å². The van der Waals surface area contributed by atoms with E-state index in [0.717, 1.165) is 29.3 Å². The number of Topliss-reactive ketones (excluding diaryl/α,β-unsaturated/α-hetero) is 1. The number of hydrogen-bond donors (Lipinski definition) is 0. The molecule has 1 aromatic rings. The van der Waals surface area contributed by atoms with E-state index in [0.29, 0.717) is 6.04 Å². The molecule has 0 amide bonds. The fraction of sp³-hybridized carbons (Fsp3) is 0.706. The molecule has 0 spiro atoms. The second-order valence-electron chi connectivity index (χ2n) is 6.31. The van der Waals surface area contributed by atoms with Crippen LogP contribution in [0.3, 0.4) is 0 Å². The molecule has 0 N–H and O–H groups in total. The summed E-state index contributed by atoms with van der Waals surface area (Å²) in [6, 6.07) is 2.41. The molecule has 3 heteroatoms. The number of aryl methyl sites for hydroxylation is 1. The van der Waals surface area contributed by atoms with Crippen LogP contribution in [0, 0.1) is 19.8 Å². The zero-order valence-electron chi connectivity index (χ0n) is 13.7. The second kappa shape index (κ2) is 7.31. The molecule has 0 saturated carbocycles. The number of hydrogen-bond acceptors (Lipinski definition) is 1. The van der Waals surface area contributed by atoms with Gasteiger partial charge in [-0.15, -0.1) is 11.6 Å². The van der Waals surface area contributed by atoms with Gasteiger partial charge < -0.3 is 4.57 Å². The van der Waals surface area contributed by atoms with Crippen LogP contribution < -0.4 is 0 Å². The number of carbonyl (C=O) groups is 1. The van der Waals surface area contributed by atoms with Crippen LogP contribution in [0.2, 0.25) is 0 Å². The summed E-state index contributed by atoms with van der Waals surface area (Å²) >= 11 is 5.94. The van der Waals surface area contributed by atoms with E-state index in [1.165, 1.54) is 12.8 Å². The molecule has 0 aliphatic carbocycles. The summed E-state index contributed by atoms with van der Waals surface area (Å²) in [6.07, 6.45) is 3.64. The number of nitrogens with zero attached hydrogens (tertiary/aromatic N) is 1. The van der Waals surface area contributed by atoms with Crippen LogP contribution in [0.1, 0.15) is 74.7 Å². The standard InChI is InChI=1S/C17H28ClNO/c1-11(2)8-7-9-12(3)19-13(4)10-16(15(19)6)17(20)14(5)18/h10-12,14H,7-9H2,1-6H3. The molecule has 0 bridgehead atoms. The van der Waals surface area contributed by atoms with Crippen LogP contribution in [-0.4, -0.2) is 15.7 Å². The Bertz CT molecular complexity index is 460. The van der Waals surface area contributed by atoms with Gasteiger partial charge in [0.05, 0.1) is 5.38 Å². The van der Waals surface area contributed by atoms with Crippen LogP contribution in [-0.2, 0) is 0 Å². The van der Waals surface area contributed by atoms with E-state index in [9.17, 15) is 4.79 Å². The number of aromatic nitrogens is 1. The highest BCUT2D eigenvalue weighted by Gasteiger charge is 2.21. The predicted molar refractivity (Wildman–Crippen MR) is 87.0 cm³/mol. The topological polar surface area (TPSA) is 22.0 Å². The first-order chi connectivity index (χ1) is 9.25. The molecule has 20 heavy (non-hydrogen) atoms. The van der Waals surface area contributed by atoms with Crippen LogP contribution in [0.15, 0.2) is 6.07 Å². The molecule has 1 rings (SSSR count). The maximum atomic E-state index is 12.1. The molecule has 0 saturated heterocycles. The van der Waals surface area contributed by atoms with Gasteiger partial charge in [-0.2, -0.15) is 0 Å². The van der Waals surface area contributed by atoms with Crippen molar-refractivity contribution in [3.63, 3.8) is 0 Å². The van der Waals surface area contributed by atoms with Crippen LogP contribution >= 0.6 is 11.6 Å². The summed E-state index contributed by atoms with van der Waals surface area (Å²) in [5.74, 6) is 0.781. The Hall–Kier alpha value is -0.760. The molecular formula is C17H28ClNO. The van der Waals surface area contributed by atoms with Crippen molar-refractivity contribution in [2.75, 3.05) is 0 Å². The number of ketones is 1. The minimum Gasteiger partial charge on any atom is -0.346 e. The van der Waals surface area contributed by atoms with Crippen molar-refractivity contribution in [1.29, 1.82) is 0 Å². The second-order valence-corrected chi connectivity index (χ2v) is 6.96. The first-order valence-electron chi connectivity index (χ1n) is 7.62. The number of alkyl halides is 1. The number of halogens is 1. The molecule has 114 valence electrons. The van der Waals surface area contributed by atoms with Gasteiger partial charge in [-0.1, -0.05) is 26.7 Å². The Balaban J connectivity index is 2.88. The lowest BCUT2D eigenvalue weighted by Gasteiger charge is -2.19. The Morgan fingerprint density at radius 2 is 1.80 bits per heavy atom. The van der Waals surface area contributed by atoms with E-state index < -0.39 is 5.38 Å². The summed E-state index contributed by atoms with van der Waals surface area (Å²) in [5, 5.41) is -0.458. The quantitative estimate of drug-likeness (QED) is 0.494. The van der Waals surface area contributed by atoms with Crippen LogP contribution in [0.5, 0.6) is 0 Å². The summed E-state index contributed by atoms with van der Waals surface area (Å²) in [6.45, 7) is 12.6. The predicted octanol–water partition coefficient (Wildman–Crippen LogP) is 5.30. The first kappa shape index (κ1) is 17.3. The maximum Gasteiger partial charge on any atom is 0.182 e. The highest BCUT2D eigenvalue weighted by molar-refractivity contribution is 6.33. The minimum absolute atomic E-state index is 0.0281. The van der Waals surface area contributed by atoms with Crippen molar-refractivity contribution in [2.24, 2.45) is 5.92 Å². The Kier molecular flexibility index (Phi) is 6.32. The van der Waals surface area contributed by atoms with Crippen LogP contribution in [0.25, 0.3) is 0 Å². The molecular weight excluding hydrogens is 270 g/mol.